The number of carbonyl (C=O) groups is 2. The van der Waals surface area contributed by atoms with E-state index in [0.29, 0.717) is 24.3 Å². The van der Waals surface area contributed by atoms with Crippen LogP contribution in [0.1, 0.15) is 27.2 Å². The second-order valence-electron chi connectivity index (χ2n) is 8.50. The lowest BCUT2D eigenvalue weighted by molar-refractivity contribution is 0.0948. The van der Waals surface area contributed by atoms with Crippen LogP contribution < -0.4 is 16.0 Å². The summed E-state index contributed by atoms with van der Waals surface area (Å²) in [5.41, 5.74) is 2.25. The maximum atomic E-state index is 12.7. The van der Waals surface area contributed by atoms with Crippen LogP contribution in [0.3, 0.4) is 0 Å². The molecule has 34 heavy (non-hydrogen) atoms. The van der Waals surface area contributed by atoms with E-state index in [9.17, 15) is 14.7 Å². The highest BCUT2D eigenvalue weighted by atomic mass is 32.1. The number of hydrogen-bond acceptors (Lipinski definition) is 5. The number of anilines is 1. The van der Waals surface area contributed by atoms with Gasteiger partial charge in [0.2, 0.25) is 0 Å². The van der Waals surface area contributed by atoms with Gasteiger partial charge in [-0.25, -0.2) is 4.79 Å². The summed E-state index contributed by atoms with van der Waals surface area (Å²) in [5, 5.41) is 20.6. The fourth-order valence-electron chi connectivity index (χ4n) is 4.19. The molecule has 1 aliphatic rings. The van der Waals surface area contributed by atoms with Gasteiger partial charge >= 0.3 is 6.03 Å². The number of amides is 3. The van der Waals surface area contributed by atoms with E-state index < -0.39 is 0 Å². The van der Waals surface area contributed by atoms with Gasteiger partial charge in [-0.15, -0.1) is 11.3 Å². The number of carbonyl (C=O) groups excluding carboxylic acids is 2. The lowest BCUT2D eigenvalue weighted by Gasteiger charge is -2.38. The summed E-state index contributed by atoms with van der Waals surface area (Å²) in [5.74, 6) is -0.186. The molecule has 0 aliphatic carbocycles. The molecule has 1 aromatic heterocycles. The topological polar surface area (TPSA) is 93.7 Å². The first kappa shape index (κ1) is 23.9. The van der Waals surface area contributed by atoms with Crippen LogP contribution in [0.2, 0.25) is 0 Å². The Balaban J connectivity index is 1.32. The Labute approximate surface area is 203 Å². The molecule has 0 spiro atoms. The predicted octanol–water partition coefficient (Wildman–Crippen LogP) is 3.68. The molecular weight excluding hydrogens is 448 g/mol. The zero-order chi connectivity index (χ0) is 23.8. The number of aliphatic hydroxyl groups is 1. The minimum atomic E-state index is -0.346. The van der Waals surface area contributed by atoms with Crippen LogP contribution >= 0.6 is 11.3 Å². The Morgan fingerprint density at radius 1 is 1.06 bits per heavy atom. The van der Waals surface area contributed by atoms with Crippen LogP contribution in [0.4, 0.5) is 10.5 Å². The van der Waals surface area contributed by atoms with E-state index in [1.54, 1.807) is 35.6 Å². The van der Waals surface area contributed by atoms with E-state index in [1.165, 1.54) is 5.56 Å². The van der Waals surface area contributed by atoms with Gasteiger partial charge in [0, 0.05) is 47.8 Å². The first-order chi connectivity index (χ1) is 16.6. The average molecular weight is 479 g/mol. The average Bonchev–Trinajstić information content (AvgIpc) is 3.37. The molecular formula is C26H30N4O3S. The lowest BCUT2D eigenvalue weighted by Crippen LogP contribution is -2.54. The van der Waals surface area contributed by atoms with Gasteiger partial charge in [-0.1, -0.05) is 42.5 Å². The monoisotopic (exact) mass is 478 g/mol. The van der Waals surface area contributed by atoms with Gasteiger partial charge in [0.25, 0.3) is 5.91 Å². The molecule has 0 bridgehead atoms. The zero-order valence-corrected chi connectivity index (χ0v) is 19.8. The van der Waals surface area contributed by atoms with E-state index in [1.807, 2.05) is 35.7 Å². The first-order valence-corrected chi connectivity index (χ1v) is 12.3. The summed E-state index contributed by atoms with van der Waals surface area (Å²) < 4.78 is 0. The molecule has 7 nitrogen and oxygen atoms in total. The van der Waals surface area contributed by atoms with Gasteiger partial charge in [-0.2, -0.15) is 0 Å². The van der Waals surface area contributed by atoms with Crippen molar-refractivity contribution in [1.29, 1.82) is 0 Å². The molecule has 8 heteroatoms. The summed E-state index contributed by atoms with van der Waals surface area (Å²) in [6, 6.07) is 20.5. The van der Waals surface area contributed by atoms with Crippen molar-refractivity contribution in [2.75, 3.05) is 25.0 Å². The van der Waals surface area contributed by atoms with Crippen LogP contribution in [-0.2, 0) is 13.1 Å². The van der Waals surface area contributed by atoms with Gasteiger partial charge in [0.1, 0.15) is 0 Å². The molecule has 2 unspecified atom stereocenters. The number of aliphatic hydroxyl groups excluding tert-OH is 1. The Bertz CT molecular complexity index is 1070. The molecule has 1 aliphatic heterocycles. The third-order valence-electron chi connectivity index (χ3n) is 6.03. The number of rotatable bonds is 8. The van der Waals surface area contributed by atoms with Crippen molar-refractivity contribution in [3.63, 3.8) is 0 Å². The molecule has 1 fully saturated rings. The summed E-state index contributed by atoms with van der Waals surface area (Å²) in [7, 11) is 0. The normalized spacial score (nSPS) is 18.3. The fraction of sp³-hybridized carbons (Fsp3) is 0.308. The van der Waals surface area contributed by atoms with Crippen LogP contribution in [0.5, 0.6) is 0 Å². The highest BCUT2D eigenvalue weighted by molar-refractivity contribution is 7.09. The minimum absolute atomic E-state index is 0.00661. The third kappa shape index (κ3) is 6.66. The number of urea groups is 1. The number of nitrogens with zero attached hydrogens (tertiary/aromatic N) is 1. The van der Waals surface area contributed by atoms with Crippen molar-refractivity contribution in [3.05, 3.63) is 88.1 Å². The van der Waals surface area contributed by atoms with Gasteiger partial charge in [0.05, 0.1) is 6.54 Å². The summed E-state index contributed by atoms with van der Waals surface area (Å²) in [4.78, 5) is 28.6. The Morgan fingerprint density at radius 2 is 1.91 bits per heavy atom. The van der Waals surface area contributed by atoms with Crippen molar-refractivity contribution in [1.82, 2.24) is 15.5 Å². The number of benzene rings is 2. The standard InChI is InChI=1S/C26H30N4O3S/c31-18-21-11-12-30(16-19-6-2-1-3-7-19)17-24(21)29-26(33)28-22-9-4-8-20(14-22)25(32)27-15-23-10-5-13-34-23/h1-10,13-14,21,24,31H,11-12,15-18H2,(H,27,32)(H2,28,29,33). The van der Waals surface area contributed by atoms with Crippen LogP contribution in [-0.4, -0.2) is 47.7 Å². The van der Waals surface area contributed by atoms with E-state index in [-0.39, 0.29) is 30.5 Å². The molecule has 0 radical (unpaired) electrons. The maximum Gasteiger partial charge on any atom is 0.319 e. The predicted molar refractivity (Wildman–Crippen MR) is 135 cm³/mol. The number of piperidine rings is 1. The van der Waals surface area contributed by atoms with Crippen LogP contribution in [0, 0.1) is 5.92 Å². The molecule has 2 aromatic carbocycles. The lowest BCUT2D eigenvalue weighted by atomic mass is 9.92. The van der Waals surface area contributed by atoms with Crippen molar-refractivity contribution in [2.45, 2.75) is 25.6 Å². The van der Waals surface area contributed by atoms with Gasteiger partial charge in [-0.05, 0) is 48.2 Å². The molecule has 178 valence electrons. The van der Waals surface area contributed by atoms with Crippen LogP contribution in [0.15, 0.2) is 72.1 Å². The molecule has 4 rings (SSSR count). The first-order valence-electron chi connectivity index (χ1n) is 11.5. The van der Waals surface area contributed by atoms with Crippen molar-refractivity contribution < 1.29 is 14.7 Å². The Hall–Kier alpha value is -3.20. The second-order valence-corrected chi connectivity index (χ2v) is 9.53. The molecule has 4 N–H and O–H groups in total. The van der Waals surface area contributed by atoms with Crippen molar-refractivity contribution >= 4 is 29.0 Å². The quantitative estimate of drug-likeness (QED) is 0.397. The largest absolute Gasteiger partial charge is 0.396 e. The second kappa shape index (κ2) is 11.8. The third-order valence-corrected chi connectivity index (χ3v) is 6.90. The number of hydrogen-bond donors (Lipinski definition) is 4. The summed E-state index contributed by atoms with van der Waals surface area (Å²) in [6.45, 7) is 2.85. The van der Waals surface area contributed by atoms with Gasteiger partial charge in [-0.3, -0.25) is 9.69 Å². The zero-order valence-electron chi connectivity index (χ0n) is 18.9. The van der Waals surface area contributed by atoms with Gasteiger partial charge < -0.3 is 21.1 Å². The molecule has 0 saturated carbocycles. The van der Waals surface area contributed by atoms with E-state index in [0.717, 1.165) is 24.4 Å². The van der Waals surface area contributed by atoms with E-state index >= 15 is 0 Å². The smallest absolute Gasteiger partial charge is 0.319 e. The van der Waals surface area contributed by atoms with Crippen LogP contribution in [0.25, 0.3) is 0 Å². The molecule has 1 saturated heterocycles. The van der Waals surface area contributed by atoms with Gasteiger partial charge in [0.15, 0.2) is 0 Å². The fourth-order valence-corrected chi connectivity index (χ4v) is 4.84. The number of likely N-dealkylation sites (tertiary alicyclic amines) is 1. The number of nitrogens with one attached hydrogen (secondary N) is 3. The summed E-state index contributed by atoms with van der Waals surface area (Å²) in [6.07, 6.45) is 0.814. The molecule has 3 aromatic rings. The summed E-state index contributed by atoms with van der Waals surface area (Å²) >= 11 is 1.59. The van der Waals surface area contributed by atoms with E-state index in [2.05, 4.69) is 33.0 Å². The van der Waals surface area contributed by atoms with Crippen molar-refractivity contribution in [2.24, 2.45) is 5.92 Å². The molecule has 2 heterocycles. The molecule has 2 atom stereocenters. The minimum Gasteiger partial charge on any atom is -0.396 e. The highest BCUT2D eigenvalue weighted by Gasteiger charge is 2.30. The van der Waals surface area contributed by atoms with E-state index in [4.69, 9.17) is 0 Å². The Kier molecular flexibility index (Phi) is 8.30. The maximum absolute atomic E-state index is 12.7. The highest BCUT2D eigenvalue weighted by Crippen LogP contribution is 2.20. The number of thiophene rings is 1. The SMILES string of the molecule is O=C(Nc1cccc(C(=O)NCc2cccs2)c1)NC1CN(Cc2ccccc2)CCC1CO. The molecule has 3 amide bonds. The van der Waals surface area contributed by atoms with Crippen molar-refractivity contribution in [3.8, 4) is 0 Å². The Morgan fingerprint density at radius 3 is 2.68 bits per heavy atom.